The summed E-state index contributed by atoms with van der Waals surface area (Å²) in [6.45, 7) is 6.91. The maximum Gasteiger partial charge on any atom is 0.301 e. The molecule has 0 saturated carbocycles. The van der Waals surface area contributed by atoms with Crippen molar-refractivity contribution in [1.82, 2.24) is 10.2 Å². The fraction of sp³-hybridized carbons (Fsp3) is 0.222. The van der Waals surface area contributed by atoms with E-state index in [4.69, 9.17) is 14.2 Å². The Morgan fingerprint density at radius 2 is 1.57 bits per heavy atom. The fourth-order valence-corrected chi connectivity index (χ4v) is 7.40. The number of ether oxygens (including phenoxy) is 3. The van der Waals surface area contributed by atoms with Gasteiger partial charge in [-0.25, -0.2) is 0 Å². The van der Waals surface area contributed by atoms with Gasteiger partial charge in [0.2, 0.25) is 5.13 Å². The van der Waals surface area contributed by atoms with E-state index < -0.39 is 17.7 Å². The van der Waals surface area contributed by atoms with Crippen molar-refractivity contribution in [3.63, 3.8) is 0 Å². The van der Waals surface area contributed by atoms with Crippen LogP contribution in [0.25, 0.3) is 16.5 Å². The van der Waals surface area contributed by atoms with E-state index in [1.54, 1.807) is 42.5 Å². The first-order valence-corrected chi connectivity index (χ1v) is 17.1. The maximum absolute atomic E-state index is 13.8. The highest BCUT2D eigenvalue weighted by atomic mass is 32.2. The number of aliphatic hydroxyl groups excluding tert-OH is 1. The van der Waals surface area contributed by atoms with Crippen LogP contribution in [0.1, 0.15) is 43.5 Å². The molecule has 5 aromatic rings. The molecule has 1 fully saturated rings. The molecule has 11 heteroatoms. The van der Waals surface area contributed by atoms with Crippen LogP contribution in [0.2, 0.25) is 0 Å². The van der Waals surface area contributed by atoms with Crippen LogP contribution in [0, 0.1) is 0 Å². The predicted octanol–water partition coefficient (Wildman–Crippen LogP) is 7.81. The Balaban J connectivity index is 1.40. The van der Waals surface area contributed by atoms with Crippen LogP contribution in [0.4, 0.5) is 5.13 Å². The summed E-state index contributed by atoms with van der Waals surface area (Å²) in [6.07, 6.45) is 0. The molecule has 0 radical (unpaired) electrons. The molecule has 1 aliphatic heterocycles. The normalized spacial score (nSPS) is 15.7. The van der Waals surface area contributed by atoms with Gasteiger partial charge in [-0.15, -0.1) is 10.2 Å². The zero-order chi connectivity index (χ0) is 32.9. The third-order valence-corrected chi connectivity index (χ3v) is 9.70. The van der Waals surface area contributed by atoms with E-state index in [0.717, 1.165) is 16.3 Å². The van der Waals surface area contributed by atoms with Gasteiger partial charge in [-0.2, -0.15) is 0 Å². The highest BCUT2D eigenvalue weighted by molar-refractivity contribution is 8.00. The summed E-state index contributed by atoms with van der Waals surface area (Å²) >= 11 is 2.72. The largest absolute Gasteiger partial charge is 0.507 e. The first-order valence-electron chi connectivity index (χ1n) is 15.3. The minimum absolute atomic E-state index is 0.0640. The SMILES string of the molecule is CCOc1ccc(C(O)=C2C(=O)C(=O)N(c3nnc(SCc4cccc5ccccc45)s3)C2c2ccc(OCC)c(OCC)c2)cc1. The molecule has 9 nitrogen and oxygen atoms in total. The number of Topliss-reactive ketones (excluding diaryl/α,β-unsaturated/α-hetero) is 1. The Morgan fingerprint density at radius 1 is 0.851 bits per heavy atom. The van der Waals surface area contributed by atoms with Gasteiger partial charge in [0.1, 0.15) is 11.5 Å². The molecule has 1 unspecified atom stereocenters. The molecule has 1 aliphatic rings. The van der Waals surface area contributed by atoms with E-state index in [-0.39, 0.29) is 16.5 Å². The number of rotatable bonds is 12. The molecular formula is C36H33N3O6S2. The van der Waals surface area contributed by atoms with Crippen LogP contribution in [-0.2, 0) is 15.3 Å². The molecule has 6 rings (SSSR count). The second kappa shape index (κ2) is 14.3. The summed E-state index contributed by atoms with van der Waals surface area (Å²) < 4.78 is 17.8. The number of aromatic nitrogens is 2. The number of nitrogens with zero attached hydrogens (tertiary/aromatic N) is 3. The van der Waals surface area contributed by atoms with Crippen LogP contribution < -0.4 is 19.1 Å². The van der Waals surface area contributed by atoms with Crippen LogP contribution in [0.5, 0.6) is 17.2 Å². The van der Waals surface area contributed by atoms with Crippen molar-refractivity contribution >= 4 is 56.5 Å². The van der Waals surface area contributed by atoms with Gasteiger partial charge in [-0.1, -0.05) is 71.6 Å². The quantitative estimate of drug-likeness (QED) is 0.0468. The molecule has 0 bridgehead atoms. The summed E-state index contributed by atoms with van der Waals surface area (Å²) in [5, 5.41) is 22.9. The van der Waals surface area contributed by atoms with Crippen molar-refractivity contribution in [2.45, 2.75) is 36.9 Å². The number of hydrogen-bond acceptors (Lipinski definition) is 10. The molecule has 1 N–H and O–H groups in total. The lowest BCUT2D eigenvalue weighted by molar-refractivity contribution is -0.132. The second-order valence-corrected chi connectivity index (χ2v) is 12.7. The van der Waals surface area contributed by atoms with E-state index in [1.165, 1.54) is 28.0 Å². The monoisotopic (exact) mass is 667 g/mol. The zero-order valence-electron chi connectivity index (χ0n) is 26.1. The van der Waals surface area contributed by atoms with Crippen molar-refractivity contribution in [3.8, 4) is 17.2 Å². The Kier molecular flexibility index (Phi) is 9.74. The Bertz CT molecular complexity index is 1950. The average molecular weight is 668 g/mol. The van der Waals surface area contributed by atoms with Crippen LogP contribution >= 0.6 is 23.1 Å². The molecular weight excluding hydrogens is 635 g/mol. The molecule has 2 heterocycles. The molecule has 240 valence electrons. The van der Waals surface area contributed by atoms with Gasteiger partial charge in [-0.05, 0) is 79.1 Å². The van der Waals surface area contributed by atoms with Crippen LogP contribution in [0.15, 0.2) is 94.8 Å². The lowest BCUT2D eigenvalue weighted by Crippen LogP contribution is -2.29. The number of carbonyl (C=O) groups excluding carboxylic acids is 2. The fourth-order valence-electron chi connectivity index (χ4n) is 5.53. The van der Waals surface area contributed by atoms with Crippen molar-refractivity contribution in [2.24, 2.45) is 0 Å². The highest BCUT2D eigenvalue weighted by Crippen LogP contribution is 2.46. The Morgan fingerprint density at radius 3 is 2.34 bits per heavy atom. The van der Waals surface area contributed by atoms with E-state index in [0.29, 0.717) is 58.3 Å². The third kappa shape index (κ3) is 6.54. The van der Waals surface area contributed by atoms with Crippen molar-refractivity contribution in [3.05, 3.63) is 107 Å². The molecule has 1 saturated heterocycles. The molecule has 47 heavy (non-hydrogen) atoms. The van der Waals surface area contributed by atoms with Gasteiger partial charge in [0, 0.05) is 11.3 Å². The maximum atomic E-state index is 13.8. The summed E-state index contributed by atoms with van der Waals surface area (Å²) in [6, 6.07) is 25.4. The number of carbonyl (C=O) groups is 2. The Hall–Kier alpha value is -4.87. The smallest absolute Gasteiger partial charge is 0.301 e. The molecule has 1 atom stereocenters. The first-order chi connectivity index (χ1) is 22.9. The van der Waals surface area contributed by atoms with E-state index in [1.807, 2.05) is 39.0 Å². The summed E-state index contributed by atoms with van der Waals surface area (Å²) in [7, 11) is 0. The number of anilines is 1. The zero-order valence-corrected chi connectivity index (χ0v) is 27.8. The van der Waals surface area contributed by atoms with Gasteiger partial charge >= 0.3 is 5.91 Å². The number of fused-ring (bicyclic) bond motifs is 1. The van der Waals surface area contributed by atoms with Gasteiger partial charge in [-0.3, -0.25) is 14.5 Å². The number of ketones is 1. The standard InChI is InChI=1S/C36H33N3O6S2/c1-4-43-26-17-14-23(15-18-26)32(40)30-31(24-16-19-28(44-5-2)29(20-24)45-6-3)39(34(42)33(30)41)35-37-38-36(47-35)46-21-25-12-9-11-22-10-7-8-13-27(22)25/h7-20,31,40H,4-6,21H2,1-3H3. The predicted molar refractivity (Wildman–Crippen MR) is 185 cm³/mol. The van der Waals surface area contributed by atoms with Gasteiger partial charge in [0.15, 0.2) is 15.8 Å². The number of thioether (sulfide) groups is 1. The number of amides is 1. The topological polar surface area (TPSA) is 111 Å². The van der Waals surface area contributed by atoms with Crippen molar-refractivity contribution < 1.29 is 28.9 Å². The Labute approximate surface area is 280 Å². The van der Waals surface area contributed by atoms with E-state index in [2.05, 4.69) is 34.5 Å². The van der Waals surface area contributed by atoms with Crippen LogP contribution in [0.3, 0.4) is 0 Å². The minimum Gasteiger partial charge on any atom is -0.507 e. The van der Waals surface area contributed by atoms with E-state index in [9.17, 15) is 14.7 Å². The van der Waals surface area contributed by atoms with Crippen LogP contribution in [-0.4, -0.2) is 46.8 Å². The summed E-state index contributed by atoms with van der Waals surface area (Å²) in [5.41, 5.74) is 2.00. The minimum atomic E-state index is -1.000. The van der Waals surface area contributed by atoms with Crippen molar-refractivity contribution in [1.29, 1.82) is 0 Å². The summed E-state index contributed by atoms with van der Waals surface area (Å²) in [4.78, 5) is 28.8. The lowest BCUT2D eigenvalue weighted by Gasteiger charge is -2.23. The second-order valence-electron chi connectivity index (χ2n) is 10.5. The lowest BCUT2D eigenvalue weighted by atomic mass is 9.95. The average Bonchev–Trinajstić information content (AvgIpc) is 3.66. The highest BCUT2D eigenvalue weighted by Gasteiger charge is 2.48. The van der Waals surface area contributed by atoms with Crippen molar-refractivity contribution in [2.75, 3.05) is 24.7 Å². The first kappa shape index (κ1) is 32.1. The number of hydrogen-bond donors (Lipinski definition) is 1. The molecule has 1 amide bonds. The van der Waals surface area contributed by atoms with Gasteiger partial charge < -0.3 is 19.3 Å². The molecule has 1 aromatic heterocycles. The number of aliphatic hydroxyl groups is 1. The van der Waals surface area contributed by atoms with E-state index >= 15 is 0 Å². The van der Waals surface area contributed by atoms with Gasteiger partial charge in [0.25, 0.3) is 5.78 Å². The summed E-state index contributed by atoms with van der Waals surface area (Å²) in [5.74, 6) is 0.320. The molecule has 0 spiro atoms. The van der Waals surface area contributed by atoms with Gasteiger partial charge in [0.05, 0.1) is 31.4 Å². The number of benzene rings is 4. The third-order valence-electron chi connectivity index (χ3n) is 7.60. The molecule has 4 aromatic carbocycles. The molecule has 0 aliphatic carbocycles.